The Morgan fingerprint density at radius 3 is 2.94 bits per heavy atom. The van der Waals surface area contributed by atoms with Crippen molar-refractivity contribution in [1.82, 2.24) is 5.32 Å². The largest absolute Gasteiger partial charge is 0.389 e. The standard InChI is InChI=1S/C11H13ClFNO3/c1-17-6-8(15)5-14-11(16)7-2-3-9(12)10(13)4-7/h2-4,8,15H,5-6H2,1H3,(H,14,16). The van der Waals surface area contributed by atoms with Crippen LogP contribution in [0, 0.1) is 5.82 Å². The van der Waals surface area contributed by atoms with E-state index in [-0.39, 0.29) is 23.7 Å². The highest BCUT2D eigenvalue weighted by Gasteiger charge is 2.10. The molecule has 0 aromatic heterocycles. The number of hydrogen-bond acceptors (Lipinski definition) is 3. The lowest BCUT2D eigenvalue weighted by Gasteiger charge is -2.10. The SMILES string of the molecule is COCC(O)CNC(=O)c1ccc(Cl)c(F)c1. The van der Waals surface area contributed by atoms with Crippen molar-refractivity contribution in [2.45, 2.75) is 6.10 Å². The van der Waals surface area contributed by atoms with Gasteiger partial charge in [0, 0.05) is 19.2 Å². The average molecular weight is 262 g/mol. The van der Waals surface area contributed by atoms with Gasteiger partial charge < -0.3 is 15.2 Å². The number of ether oxygens (including phenoxy) is 1. The van der Waals surface area contributed by atoms with Crippen LogP contribution in [0.1, 0.15) is 10.4 Å². The molecule has 4 nitrogen and oxygen atoms in total. The first-order valence-corrected chi connectivity index (χ1v) is 5.32. The summed E-state index contributed by atoms with van der Waals surface area (Å²) in [5.74, 6) is -1.13. The summed E-state index contributed by atoms with van der Waals surface area (Å²) in [5, 5.41) is 11.7. The molecule has 1 unspecified atom stereocenters. The quantitative estimate of drug-likeness (QED) is 0.838. The second kappa shape index (κ2) is 6.54. The molecule has 0 saturated carbocycles. The number of hydrogen-bond donors (Lipinski definition) is 2. The molecule has 6 heteroatoms. The summed E-state index contributed by atoms with van der Waals surface area (Å²) in [5.41, 5.74) is 0.150. The number of carbonyl (C=O) groups excluding carboxylic acids is 1. The van der Waals surface area contributed by atoms with Crippen molar-refractivity contribution in [2.24, 2.45) is 0 Å². The first kappa shape index (κ1) is 13.9. The van der Waals surface area contributed by atoms with Crippen LogP contribution in [0.3, 0.4) is 0 Å². The maximum atomic E-state index is 13.1. The molecule has 1 aromatic rings. The number of amides is 1. The second-order valence-corrected chi connectivity index (χ2v) is 3.86. The Labute approximate surface area is 103 Å². The number of rotatable bonds is 5. The third-order valence-corrected chi connectivity index (χ3v) is 2.35. The Morgan fingerprint density at radius 1 is 1.65 bits per heavy atom. The first-order chi connectivity index (χ1) is 8.04. The van der Waals surface area contributed by atoms with Crippen molar-refractivity contribution in [2.75, 3.05) is 20.3 Å². The summed E-state index contributed by atoms with van der Waals surface area (Å²) < 4.78 is 17.8. The van der Waals surface area contributed by atoms with Gasteiger partial charge in [-0.3, -0.25) is 4.79 Å². The molecule has 0 spiro atoms. The molecule has 2 N–H and O–H groups in total. The van der Waals surface area contributed by atoms with Crippen LogP contribution in [0.4, 0.5) is 4.39 Å². The Kier molecular flexibility index (Phi) is 5.34. The van der Waals surface area contributed by atoms with E-state index >= 15 is 0 Å². The average Bonchev–Trinajstić information content (AvgIpc) is 2.30. The normalized spacial score (nSPS) is 12.2. The molecule has 17 heavy (non-hydrogen) atoms. The molecule has 0 heterocycles. The molecule has 1 rings (SSSR count). The van der Waals surface area contributed by atoms with Gasteiger partial charge in [0.1, 0.15) is 5.82 Å². The zero-order valence-corrected chi connectivity index (χ0v) is 10.00. The number of benzene rings is 1. The van der Waals surface area contributed by atoms with Crippen LogP contribution < -0.4 is 5.32 Å². The van der Waals surface area contributed by atoms with Gasteiger partial charge >= 0.3 is 0 Å². The summed E-state index contributed by atoms with van der Waals surface area (Å²) in [7, 11) is 1.44. The smallest absolute Gasteiger partial charge is 0.251 e. The van der Waals surface area contributed by atoms with Crippen molar-refractivity contribution < 1.29 is 19.0 Å². The summed E-state index contributed by atoms with van der Waals surface area (Å²) >= 11 is 5.49. The molecule has 1 amide bonds. The highest BCUT2D eigenvalue weighted by atomic mass is 35.5. The fraction of sp³-hybridized carbons (Fsp3) is 0.364. The van der Waals surface area contributed by atoms with Gasteiger partial charge in [-0.2, -0.15) is 0 Å². The van der Waals surface area contributed by atoms with Crippen LogP contribution in [-0.2, 0) is 4.74 Å². The highest BCUT2D eigenvalue weighted by Crippen LogP contribution is 2.15. The van der Waals surface area contributed by atoms with E-state index in [2.05, 4.69) is 5.32 Å². The summed E-state index contributed by atoms with van der Waals surface area (Å²) in [6.45, 7) is 0.159. The monoisotopic (exact) mass is 261 g/mol. The van der Waals surface area contributed by atoms with Crippen LogP contribution in [0.25, 0.3) is 0 Å². The van der Waals surface area contributed by atoms with Crippen molar-refractivity contribution >= 4 is 17.5 Å². The van der Waals surface area contributed by atoms with E-state index in [9.17, 15) is 14.3 Å². The Hall–Kier alpha value is -1.17. The lowest BCUT2D eigenvalue weighted by molar-refractivity contribution is 0.0609. The molecule has 0 saturated heterocycles. The molecular weight excluding hydrogens is 249 g/mol. The zero-order chi connectivity index (χ0) is 12.8. The molecule has 0 fully saturated rings. The van der Waals surface area contributed by atoms with Crippen LogP contribution >= 0.6 is 11.6 Å². The van der Waals surface area contributed by atoms with E-state index in [1.807, 2.05) is 0 Å². The van der Waals surface area contributed by atoms with Crippen molar-refractivity contribution in [3.8, 4) is 0 Å². The molecule has 0 aliphatic rings. The van der Waals surface area contributed by atoms with Gasteiger partial charge in [0.25, 0.3) is 5.91 Å². The van der Waals surface area contributed by atoms with Gasteiger partial charge in [0.05, 0.1) is 17.7 Å². The number of aliphatic hydroxyl groups is 1. The van der Waals surface area contributed by atoms with Crippen molar-refractivity contribution in [3.63, 3.8) is 0 Å². The molecule has 0 aliphatic carbocycles. The predicted octanol–water partition coefficient (Wildman–Crippen LogP) is 1.22. The number of halogens is 2. The number of methoxy groups -OCH3 is 1. The maximum Gasteiger partial charge on any atom is 0.251 e. The second-order valence-electron chi connectivity index (χ2n) is 3.45. The van der Waals surface area contributed by atoms with Crippen molar-refractivity contribution in [1.29, 1.82) is 0 Å². The predicted molar refractivity (Wildman–Crippen MR) is 61.6 cm³/mol. The third-order valence-electron chi connectivity index (χ3n) is 2.04. The van der Waals surface area contributed by atoms with Gasteiger partial charge in [-0.1, -0.05) is 11.6 Å². The minimum atomic E-state index is -0.791. The molecule has 0 bridgehead atoms. The van der Waals surface area contributed by atoms with Gasteiger partial charge in [0.2, 0.25) is 0 Å². The van der Waals surface area contributed by atoms with E-state index in [0.29, 0.717) is 0 Å². The van der Waals surface area contributed by atoms with E-state index in [4.69, 9.17) is 16.3 Å². The van der Waals surface area contributed by atoms with E-state index in [1.54, 1.807) is 0 Å². The molecule has 0 aliphatic heterocycles. The Bertz CT molecular complexity index is 400. The summed E-state index contributed by atoms with van der Waals surface area (Å²) in [6, 6.07) is 3.75. The van der Waals surface area contributed by atoms with E-state index < -0.39 is 17.8 Å². The van der Waals surface area contributed by atoms with Crippen molar-refractivity contribution in [3.05, 3.63) is 34.6 Å². The third kappa shape index (κ3) is 4.30. The number of nitrogens with one attached hydrogen (secondary N) is 1. The first-order valence-electron chi connectivity index (χ1n) is 4.95. The van der Waals surface area contributed by atoms with Crippen LogP contribution in [0.15, 0.2) is 18.2 Å². The zero-order valence-electron chi connectivity index (χ0n) is 9.24. The van der Waals surface area contributed by atoms with E-state index in [0.717, 1.165) is 6.07 Å². The highest BCUT2D eigenvalue weighted by molar-refractivity contribution is 6.30. The fourth-order valence-electron chi connectivity index (χ4n) is 1.20. The van der Waals surface area contributed by atoms with E-state index in [1.165, 1.54) is 19.2 Å². The summed E-state index contributed by atoms with van der Waals surface area (Å²) in [4.78, 5) is 11.5. The number of carbonyl (C=O) groups is 1. The Morgan fingerprint density at radius 2 is 2.35 bits per heavy atom. The van der Waals surface area contributed by atoms with Crippen LogP contribution in [0.5, 0.6) is 0 Å². The topological polar surface area (TPSA) is 58.6 Å². The lowest BCUT2D eigenvalue weighted by atomic mass is 10.2. The lowest BCUT2D eigenvalue weighted by Crippen LogP contribution is -2.34. The fourth-order valence-corrected chi connectivity index (χ4v) is 1.32. The molecular formula is C11H13ClFNO3. The maximum absolute atomic E-state index is 13.1. The number of aliphatic hydroxyl groups excluding tert-OH is 1. The molecule has 0 radical (unpaired) electrons. The minimum absolute atomic E-state index is 0.0386. The van der Waals surface area contributed by atoms with Gasteiger partial charge in [-0.25, -0.2) is 4.39 Å². The Balaban J connectivity index is 2.55. The van der Waals surface area contributed by atoms with Gasteiger partial charge in [-0.15, -0.1) is 0 Å². The molecule has 1 aromatic carbocycles. The van der Waals surface area contributed by atoms with Crippen LogP contribution in [-0.4, -0.2) is 37.4 Å². The van der Waals surface area contributed by atoms with Gasteiger partial charge in [0.15, 0.2) is 0 Å². The van der Waals surface area contributed by atoms with Gasteiger partial charge in [-0.05, 0) is 18.2 Å². The summed E-state index contributed by atoms with van der Waals surface area (Å²) in [6.07, 6.45) is -0.791. The minimum Gasteiger partial charge on any atom is -0.389 e. The molecule has 94 valence electrons. The molecule has 1 atom stereocenters. The van der Waals surface area contributed by atoms with Crippen LogP contribution in [0.2, 0.25) is 5.02 Å².